The molecule has 2 amide bonds. The zero-order valence-corrected chi connectivity index (χ0v) is 22.5. The van der Waals surface area contributed by atoms with Crippen LogP contribution in [-0.2, 0) is 14.4 Å². The fourth-order valence-corrected chi connectivity index (χ4v) is 6.99. The number of anilines is 1. The third-order valence-corrected chi connectivity index (χ3v) is 8.83. The van der Waals surface area contributed by atoms with Crippen LogP contribution in [0.5, 0.6) is 17.2 Å². The van der Waals surface area contributed by atoms with E-state index in [1.165, 1.54) is 4.90 Å². The molecule has 4 aromatic rings. The molecule has 1 saturated heterocycles. The number of imide groups is 1. The third kappa shape index (κ3) is 3.26. The number of esters is 1. The van der Waals surface area contributed by atoms with E-state index in [-0.39, 0.29) is 12.7 Å². The Bertz CT molecular complexity index is 1830. The molecule has 3 aliphatic heterocycles. The molecule has 0 unspecified atom stereocenters. The maximum absolute atomic E-state index is 14.2. The van der Waals surface area contributed by atoms with Crippen molar-refractivity contribution in [1.29, 1.82) is 0 Å². The van der Waals surface area contributed by atoms with Crippen LogP contribution < -0.4 is 19.1 Å². The molecule has 3 heterocycles. The Labute approximate surface area is 237 Å². The van der Waals surface area contributed by atoms with Gasteiger partial charge < -0.3 is 14.2 Å². The van der Waals surface area contributed by atoms with Crippen molar-refractivity contribution in [3.8, 4) is 17.2 Å². The number of ether oxygens (including phenoxy) is 3. The first kappa shape index (κ1) is 23.5. The van der Waals surface area contributed by atoms with Gasteiger partial charge in [-0.3, -0.25) is 14.4 Å². The van der Waals surface area contributed by atoms with Gasteiger partial charge >= 0.3 is 5.97 Å². The first-order valence-corrected chi connectivity index (χ1v) is 13.8. The Morgan fingerprint density at radius 1 is 0.800 bits per heavy atom. The quantitative estimate of drug-likeness (QED) is 0.165. The SMILES string of the molecule is O=C1Oc2c(ccc3ccccc23)C2=C[C@H](c3ccc4c(c3)OCO4)[C@@H]3C(=O)N(c4cccc(Br)c4)C(=O)[C@H]3[C@@H]12. The summed E-state index contributed by atoms with van der Waals surface area (Å²) in [5.41, 5.74) is 2.73. The Morgan fingerprint density at radius 3 is 2.50 bits per heavy atom. The number of hydrogen-bond acceptors (Lipinski definition) is 6. The van der Waals surface area contributed by atoms with Gasteiger partial charge in [-0.25, -0.2) is 4.90 Å². The summed E-state index contributed by atoms with van der Waals surface area (Å²) >= 11 is 3.45. The van der Waals surface area contributed by atoms with Gasteiger partial charge in [-0.15, -0.1) is 0 Å². The predicted molar refractivity (Wildman–Crippen MR) is 150 cm³/mol. The fourth-order valence-electron chi connectivity index (χ4n) is 6.60. The molecule has 7 nitrogen and oxygen atoms in total. The number of carbonyl (C=O) groups is 3. The highest BCUT2D eigenvalue weighted by molar-refractivity contribution is 9.10. The summed E-state index contributed by atoms with van der Waals surface area (Å²) in [5, 5.41) is 1.76. The van der Waals surface area contributed by atoms with Gasteiger partial charge in [0.15, 0.2) is 11.5 Å². The summed E-state index contributed by atoms with van der Waals surface area (Å²) < 4.78 is 17.8. The van der Waals surface area contributed by atoms with Crippen LogP contribution in [0.1, 0.15) is 17.0 Å². The van der Waals surface area contributed by atoms with Crippen LogP contribution in [-0.4, -0.2) is 24.6 Å². The molecule has 0 radical (unpaired) electrons. The number of benzene rings is 4. The normalized spacial score (nSPS) is 24.4. The molecule has 8 heteroatoms. The van der Waals surface area contributed by atoms with E-state index < -0.39 is 35.5 Å². The van der Waals surface area contributed by atoms with Crippen molar-refractivity contribution in [1.82, 2.24) is 0 Å². The summed E-state index contributed by atoms with van der Waals surface area (Å²) in [6.07, 6.45) is 1.98. The van der Waals surface area contributed by atoms with Crippen molar-refractivity contribution >= 4 is 55.7 Å². The first-order valence-electron chi connectivity index (χ1n) is 13.0. The molecule has 196 valence electrons. The van der Waals surface area contributed by atoms with Crippen molar-refractivity contribution in [3.63, 3.8) is 0 Å². The Kier molecular flexibility index (Phi) is 5.00. The summed E-state index contributed by atoms with van der Waals surface area (Å²) in [6.45, 7) is 0.124. The molecule has 0 spiro atoms. The highest BCUT2D eigenvalue weighted by atomic mass is 79.9. The fraction of sp³-hybridized carbons (Fsp3) is 0.156. The van der Waals surface area contributed by atoms with E-state index in [9.17, 15) is 14.4 Å². The van der Waals surface area contributed by atoms with Crippen molar-refractivity contribution in [2.75, 3.05) is 11.7 Å². The summed E-state index contributed by atoms with van der Waals surface area (Å²) in [4.78, 5) is 43.3. The topological polar surface area (TPSA) is 82.1 Å². The molecule has 0 N–H and O–H groups in total. The second-order valence-electron chi connectivity index (χ2n) is 10.4. The van der Waals surface area contributed by atoms with Crippen LogP contribution in [0, 0.1) is 17.8 Å². The molecule has 4 atom stereocenters. The van der Waals surface area contributed by atoms with E-state index in [1.807, 2.05) is 66.7 Å². The number of nitrogens with zero attached hydrogens (tertiary/aromatic N) is 1. The van der Waals surface area contributed by atoms with Crippen molar-refractivity contribution in [2.45, 2.75) is 5.92 Å². The van der Waals surface area contributed by atoms with Crippen LogP contribution in [0.2, 0.25) is 0 Å². The van der Waals surface area contributed by atoms with E-state index in [0.717, 1.165) is 26.4 Å². The molecule has 0 bridgehead atoms. The molecule has 8 rings (SSSR count). The van der Waals surface area contributed by atoms with Crippen LogP contribution in [0.4, 0.5) is 5.69 Å². The van der Waals surface area contributed by atoms with E-state index in [0.29, 0.717) is 28.5 Å². The van der Waals surface area contributed by atoms with Gasteiger partial charge in [0.1, 0.15) is 5.75 Å². The lowest BCUT2D eigenvalue weighted by atomic mass is 9.64. The van der Waals surface area contributed by atoms with Crippen LogP contribution in [0.15, 0.2) is 89.4 Å². The molecule has 4 aromatic carbocycles. The minimum absolute atomic E-state index is 0.124. The number of fused-ring (bicyclic) bond motifs is 8. The molecular formula is C32H20BrNO6. The lowest BCUT2D eigenvalue weighted by Gasteiger charge is -2.38. The van der Waals surface area contributed by atoms with Gasteiger partial charge in [0.05, 0.1) is 23.4 Å². The zero-order chi connectivity index (χ0) is 27.1. The molecule has 0 aromatic heterocycles. The maximum atomic E-state index is 14.2. The molecule has 0 saturated carbocycles. The molecule has 1 aliphatic carbocycles. The maximum Gasteiger partial charge on any atom is 0.319 e. The zero-order valence-electron chi connectivity index (χ0n) is 20.9. The summed E-state index contributed by atoms with van der Waals surface area (Å²) in [7, 11) is 0. The summed E-state index contributed by atoms with van der Waals surface area (Å²) in [6, 6.07) is 24.3. The van der Waals surface area contributed by atoms with Gasteiger partial charge in [-0.2, -0.15) is 0 Å². The molecule has 40 heavy (non-hydrogen) atoms. The van der Waals surface area contributed by atoms with Crippen LogP contribution in [0.3, 0.4) is 0 Å². The lowest BCUT2D eigenvalue weighted by Crippen LogP contribution is -2.42. The number of allylic oxidation sites excluding steroid dienone is 1. The largest absolute Gasteiger partial charge is 0.454 e. The number of carbonyl (C=O) groups excluding carboxylic acids is 3. The average Bonchev–Trinajstić information content (AvgIpc) is 3.54. The average molecular weight is 594 g/mol. The standard InChI is InChI=1S/C32H20BrNO6/c33-18-5-3-6-19(13-18)34-30(35)26-22(17-9-11-24-25(12-17)39-15-38-24)14-23-21-10-8-16-4-1-2-7-20(16)29(21)40-32(37)27(23)28(26)31(34)36/h1-14,22,26-28H,15H2/t22-,26+,27+,28-/m1/s1. The van der Waals surface area contributed by atoms with Crippen LogP contribution in [0.25, 0.3) is 16.3 Å². The van der Waals surface area contributed by atoms with Crippen molar-refractivity contribution in [3.05, 3.63) is 101 Å². The second-order valence-corrected chi connectivity index (χ2v) is 11.3. The number of amides is 2. The van der Waals surface area contributed by atoms with Gasteiger partial charge in [0.25, 0.3) is 0 Å². The minimum Gasteiger partial charge on any atom is -0.454 e. The van der Waals surface area contributed by atoms with Crippen LogP contribution >= 0.6 is 15.9 Å². The van der Waals surface area contributed by atoms with Crippen molar-refractivity contribution < 1.29 is 28.6 Å². The first-order chi connectivity index (χ1) is 19.5. The van der Waals surface area contributed by atoms with E-state index >= 15 is 0 Å². The molecular weight excluding hydrogens is 574 g/mol. The Balaban J connectivity index is 1.35. The van der Waals surface area contributed by atoms with E-state index in [1.54, 1.807) is 18.2 Å². The highest BCUT2D eigenvalue weighted by Crippen LogP contribution is 2.56. The summed E-state index contributed by atoms with van der Waals surface area (Å²) in [5.74, 6) is -2.68. The minimum atomic E-state index is -0.922. The lowest BCUT2D eigenvalue weighted by molar-refractivity contribution is -0.142. The van der Waals surface area contributed by atoms with E-state index in [2.05, 4.69) is 15.9 Å². The monoisotopic (exact) mass is 593 g/mol. The van der Waals surface area contributed by atoms with Gasteiger partial charge in [-0.05, 0) is 46.9 Å². The van der Waals surface area contributed by atoms with Gasteiger partial charge in [-0.1, -0.05) is 70.5 Å². The van der Waals surface area contributed by atoms with E-state index in [4.69, 9.17) is 14.2 Å². The molecule has 1 fully saturated rings. The van der Waals surface area contributed by atoms with Gasteiger partial charge in [0.2, 0.25) is 18.6 Å². The second kappa shape index (κ2) is 8.53. The highest BCUT2D eigenvalue weighted by Gasteiger charge is 2.60. The van der Waals surface area contributed by atoms with Gasteiger partial charge in [0, 0.05) is 21.3 Å². The Hall–Kier alpha value is -4.43. The third-order valence-electron chi connectivity index (χ3n) is 8.33. The number of hydrogen-bond donors (Lipinski definition) is 0. The molecule has 4 aliphatic rings. The smallest absolute Gasteiger partial charge is 0.319 e. The number of halogens is 1. The van der Waals surface area contributed by atoms with Crippen molar-refractivity contribution in [2.24, 2.45) is 17.8 Å². The predicted octanol–water partition coefficient (Wildman–Crippen LogP) is 5.85. The Morgan fingerprint density at radius 2 is 1.62 bits per heavy atom. The number of rotatable bonds is 2.